The summed E-state index contributed by atoms with van der Waals surface area (Å²) in [6.45, 7) is 6.33. The van der Waals surface area contributed by atoms with Crippen LogP contribution in [0.25, 0.3) is 11.0 Å². The summed E-state index contributed by atoms with van der Waals surface area (Å²) in [5.74, 6) is 0.467. The van der Waals surface area contributed by atoms with Gasteiger partial charge in [0.2, 0.25) is 0 Å². The van der Waals surface area contributed by atoms with Crippen LogP contribution in [-0.4, -0.2) is 37.6 Å². The summed E-state index contributed by atoms with van der Waals surface area (Å²) in [5, 5.41) is 3.49. The Bertz CT molecular complexity index is 1160. The van der Waals surface area contributed by atoms with Crippen LogP contribution in [0.2, 0.25) is 0 Å². The molecule has 1 aliphatic rings. The van der Waals surface area contributed by atoms with Crippen LogP contribution in [-0.2, 0) is 0 Å². The highest BCUT2D eigenvalue weighted by molar-refractivity contribution is 5.93. The first-order valence-corrected chi connectivity index (χ1v) is 11.2. The second-order valence-corrected chi connectivity index (χ2v) is 8.50. The second-order valence-electron chi connectivity index (χ2n) is 8.50. The summed E-state index contributed by atoms with van der Waals surface area (Å²) in [5.41, 5.74) is 3.39. The van der Waals surface area contributed by atoms with Crippen LogP contribution in [0.4, 0.5) is 0 Å². The van der Waals surface area contributed by atoms with Crippen LogP contribution in [0.15, 0.2) is 51.7 Å². The molecule has 1 atom stereocenters. The molecule has 1 aliphatic heterocycles. The molecule has 6 nitrogen and oxygen atoms in total. The normalized spacial score (nSPS) is 15.5. The number of ether oxygens (including phenoxy) is 1. The molecule has 1 N–H and O–H groups in total. The molecule has 3 aromatic rings. The van der Waals surface area contributed by atoms with Crippen LogP contribution >= 0.6 is 0 Å². The number of benzene rings is 2. The number of carbonyl (C=O) groups is 1. The lowest BCUT2D eigenvalue weighted by molar-refractivity contribution is 0.0897. The number of carbonyl (C=O) groups excluding carboxylic acids is 1. The third kappa shape index (κ3) is 4.70. The minimum Gasteiger partial charge on any atom is -0.497 e. The van der Waals surface area contributed by atoms with Crippen LogP contribution in [0.3, 0.4) is 0 Å². The van der Waals surface area contributed by atoms with E-state index in [-0.39, 0.29) is 23.1 Å². The van der Waals surface area contributed by atoms with E-state index in [2.05, 4.69) is 10.2 Å². The zero-order valence-corrected chi connectivity index (χ0v) is 18.9. The maximum atomic E-state index is 12.9. The van der Waals surface area contributed by atoms with Crippen molar-refractivity contribution in [1.29, 1.82) is 0 Å². The molecule has 1 aromatic heterocycles. The number of rotatable bonds is 6. The summed E-state index contributed by atoms with van der Waals surface area (Å²) in [7, 11) is 1.65. The number of nitrogens with zero attached hydrogens (tertiary/aromatic N) is 1. The molecule has 2 aromatic carbocycles. The van der Waals surface area contributed by atoms with Gasteiger partial charge in [-0.2, -0.15) is 0 Å². The first kappa shape index (κ1) is 22.1. The number of hydrogen-bond acceptors (Lipinski definition) is 5. The molecule has 0 bridgehead atoms. The number of amides is 1. The molecule has 168 valence electrons. The van der Waals surface area contributed by atoms with Gasteiger partial charge in [0.05, 0.1) is 18.5 Å². The monoisotopic (exact) mass is 434 g/mol. The van der Waals surface area contributed by atoms with Crippen molar-refractivity contribution in [2.45, 2.75) is 39.2 Å². The number of fused-ring (bicyclic) bond motifs is 1. The Kier molecular flexibility index (Phi) is 6.61. The Morgan fingerprint density at radius 1 is 1.06 bits per heavy atom. The molecule has 6 heteroatoms. The molecule has 0 unspecified atom stereocenters. The van der Waals surface area contributed by atoms with E-state index in [1.54, 1.807) is 7.11 Å². The van der Waals surface area contributed by atoms with Gasteiger partial charge in [-0.15, -0.1) is 0 Å². The molecule has 0 saturated carbocycles. The van der Waals surface area contributed by atoms with E-state index in [4.69, 9.17) is 9.15 Å². The topological polar surface area (TPSA) is 71.8 Å². The Balaban J connectivity index is 1.56. The largest absolute Gasteiger partial charge is 0.497 e. The zero-order valence-electron chi connectivity index (χ0n) is 18.9. The highest BCUT2D eigenvalue weighted by Gasteiger charge is 2.24. The smallest absolute Gasteiger partial charge is 0.287 e. The Morgan fingerprint density at radius 2 is 1.75 bits per heavy atom. The van der Waals surface area contributed by atoms with Crippen molar-refractivity contribution < 1.29 is 13.9 Å². The van der Waals surface area contributed by atoms with Crippen LogP contribution in [0, 0.1) is 13.8 Å². The molecule has 1 fully saturated rings. The molecule has 2 heterocycles. The maximum absolute atomic E-state index is 12.9. The average molecular weight is 435 g/mol. The quantitative estimate of drug-likeness (QED) is 0.624. The molecule has 0 spiro atoms. The molecule has 32 heavy (non-hydrogen) atoms. The lowest BCUT2D eigenvalue weighted by atomic mass is 10.0. The van der Waals surface area contributed by atoms with Gasteiger partial charge in [-0.05, 0) is 80.7 Å². The van der Waals surface area contributed by atoms with Crippen molar-refractivity contribution >= 4 is 16.9 Å². The summed E-state index contributed by atoms with van der Waals surface area (Å²) < 4.78 is 11.1. The summed E-state index contributed by atoms with van der Waals surface area (Å²) >= 11 is 0. The van der Waals surface area contributed by atoms with Gasteiger partial charge in [-0.3, -0.25) is 14.5 Å². The number of aryl methyl sites for hydroxylation is 2. The number of nitrogens with one attached hydrogen (secondary N) is 1. The standard InChI is InChI=1S/C26H30N2O4/c1-17-13-21-23(29)15-25(32-24(21)14-18(17)2)26(30)27-16-22(28-11-5-4-6-12-28)19-7-9-20(31-3)10-8-19/h7-10,13-15,22H,4-6,11-12,16H2,1-3H3,(H,27,30)/t22-/m0/s1. The van der Waals surface area contributed by atoms with Crippen molar-refractivity contribution in [3.63, 3.8) is 0 Å². The fourth-order valence-corrected chi connectivity index (χ4v) is 4.31. The molecular formula is C26H30N2O4. The van der Waals surface area contributed by atoms with E-state index in [0.29, 0.717) is 17.5 Å². The van der Waals surface area contributed by atoms with Gasteiger partial charge in [0.25, 0.3) is 5.91 Å². The minimum absolute atomic E-state index is 0.0397. The molecule has 0 aliphatic carbocycles. The fourth-order valence-electron chi connectivity index (χ4n) is 4.31. The Morgan fingerprint density at radius 3 is 2.44 bits per heavy atom. The van der Waals surface area contributed by atoms with E-state index in [1.807, 2.05) is 50.2 Å². The van der Waals surface area contributed by atoms with Gasteiger partial charge in [-0.1, -0.05) is 18.6 Å². The highest BCUT2D eigenvalue weighted by Crippen LogP contribution is 2.26. The van der Waals surface area contributed by atoms with Crippen molar-refractivity contribution in [2.75, 3.05) is 26.7 Å². The van der Waals surface area contributed by atoms with E-state index in [9.17, 15) is 9.59 Å². The molecule has 4 rings (SSSR count). The summed E-state index contributed by atoms with van der Waals surface area (Å²) in [6, 6.07) is 12.9. The molecule has 1 saturated heterocycles. The van der Waals surface area contributed by atoms with Crippen LogP contribution in [0.1, 0.15) is 52.5 Å². The number of hydrogen-bond donors (Lipinski definition) is 1. The maximum Gasteiger partial charge on any atom is 0.287 e. The van der Waals surface area contributed by atoms with E-state index >= 15 is 0 Å². The second kappa shape index (κ2) is 9.57. The average Bonchev–Trinajstić information content (AvgIpc) is 2.81. The first-order valence-electron chi connectivity index (χ1n) is 11.2. The van der Waals surface area contributed by atoms with E-state index in [0.717, 1.165) is 48.4 Å². The van der Waals surface area contributed by atoms with E-state index in [1.165, 1.54) is 12.5 Å². The van der Waals surface area contributed by atoms with E-state index < -0.39 is 0 Å². The van der Waals surface area contributed by atoms with Crippen molar-refractivity contribution in [3.8, 4) is 5.75 Å². The lowest BCUT2D eigenvalue weighted by Crippen LogP contribution is -2.40. The lowest BCUT2D eigenvalue weighted by Gasteiger charge is -2.35. The van der Waals surface area contributed by atoms with Gasteiger partial charge in [0, 0.05) is 12.6 Å². The predicted molar refractivity (Wildman–Crippen MR) is 125 cm³/mol. The van der Waals surface area contributed by atoms with Crippen molar-refractivity contribution in [2.24, 2.45) is 0 Å². The van der Waals surface area contributed by atoms with Crippen LogP contribution in [0.5, 0.6) is 5.75 Å². The number of piperidine rings is 1. The van der Waals surface area contributed by atoms with Gasteiger partial charge >= 0.3 is 0 Å². The summed E-state index contributed by atoms with van der Waals surface area (Å²) in [6.07, 6.45) is 3.54. The van der Waals surface area contributed by atoms with Gasteiger partial charge in [-0.25, -0.2) is 0 Å². The number of methoxy groups -OCH3 is 1. The molecule has 0 radical (unpaired) electrons. The number of likely N-dealkylation sites (tertiary alicyclic amines) is 1. The predicted octanol–water partition coefficient (Wildman–Crippen LogP) is 4.38. The van der Waals surface area contributed by atoms with Gasteiger partial charge in [0.1, 0.15) is 11.3 Å². The van der Waals surface area contributed by atoms with Crippen molar-refractivity contribution in [1.82, 2.24) is 10.2 Å². The highest BCUT2D eigenvalue weighted by atomic mass is 16.5. The Labute approximate surface area is 188 Å². The SMILES string of the molecule is COc1ccc([C@H](CNC(=O)c2cc(=O)c3cc(C)c(C)cc3o2)N2CCCCC2)cc1. The van der Waals surface area contributed by atoms with Crippen molar-refractivity contribution in [3.05, 3.63) is 75.1 Å². The van der Waals surface area contributed by atoms with Gasteiger partial charge < -0.3 is 14.5 Å². The molecular weight excluding hydrogens is 404 g/mol. The fraction of sp³-hybridized carbons (Fsp3) is 0.385. The van der Waals surface area contributed by atoms with Gasteiger partial charge in [0.15, 0.2) is 11.2 Å². The Hall–Kier alpha value is -3.12. The third-order valence-electron chi connectivity index (χ3n) is 6.36. The minimum atomic E-state index is -0.377. The first-order chi connectivity index (χ1) is 15.5. The third-order valence-corrected chi connectivity index (χ3v) is 6.36. The zero-order chi connectivity index (χ0) is 22.7. The van der Waals surface area contributed by atoms with Crippen LogP contribution < -0.4 is 15.5 Å². The molecule has 1 amide bonds. The summed E-state index contributed by atoms with van der Waals surface area (Å²) in [4.78, 5) is 27.9.